The van der Waals surface area contributed by atoms with Gasteiger partial charge in [-0.05, 0) is 42.0 Å². The molecule has 0 spiro atoms. The Balaban J connectivity index is 1.45. The van der Waals surface area contributed by atoms with E-state index in [-0.39, 0.29) is 4.90 Å². The molecule has 4 rings (SSSR count). The van der Waals surface area contributed by atoms with Crippen molar-refractivity contribution in [2.45, 2.75) is 11.1 Å². The van der Waals surface area contributed by atoms with Crippen LogP contribution in [0.3, 0.4) is 0 Å². The predicted octanol–water partition coefficient (Wildman–Crippen LogP) is 3.30. The maximum Gasteiger partial charge on any atom is 0.261 e. The van der Waals surface area contributed by atoms with Gasteiger partial charge in [0.25, 0.3) is 10.0 Å². The number of anilines is 2. The summed E-state index contributed by atoms with van der Waals surface area (Å²) in [6.45, 7) is 2.98. The third kappa shape index (κ3) is 4.64. The average molecular weight is 424 g/mol. The molecule has 0 saturated carbocycles. The van der Waals surface area contributed by atoms with Gasteiger partial charge in [0.15, 0.2) is 0 Å². The number of aliphatic hydroxyl groups is 1. The van der Waals surface area contributed by atoms with Crippen molar-refractivity contribution in [3.05, 3.63) is 90.5 Å². The number of piperazine rings is 1. The van der Waals surface area contributed by atoms with Crippen molar-refractivity contribution in [2.24, 2.45) is 0 Å². The van der Waals surface area contributed by atoms with Crippen LogP contribution in [0.5, 0.6) is 0 Å². The second-order valence-electron chi connectivity index (χ2n) is 7.28. The van der Waals surface area contributed by atoms with E-state index in [0.29, 0.717) is 24.3 Å². The molecular formula is C23H25N3O3S. The Morgan fingerprint density at radius 3 is 2.10 bits per heavy atom. The van der Waals surface area contributed by atoms with Gasteiger partial charge in [-0.1, -0.05) is 48.5 Å². The number of sulfonamides is 1. The third-order valence-corrected chi connectivity index (χ3v) is 6.65. The summed E-state index contributed by atoms with van der Waals surface area (Å²) in [4.78, 5) is 4.38. The highest BCUT2D eigenvalue weighted by molar-refractivity contribution is 7.92. The predicted molar refractivity (Wildman–Crippen MR) is 119 cm³/mol. The number of nitrogens with one attached hydrogen (secondary N) is 1. The molecule has 7 heteroatoms. The Morgan fingerprint density at radius 2 is 1.43 bits per heavy atom. The Morgan fingerprint density at radius 1 is 0.800 bits per heavy atom. The molecule has 0 aromatic heterocycles. The molecular weight excluding hydrogens is 398 g/mol. The third-order valence-electron chi connectivity index (χ3n) is 5.27. The van der Waals surface area contributed by atoms with E-state index in [9.17, 15) is 13.5 Å². The summed E-state index contributed by atoms with van der Waals surface area (Å²) in [5.41, 5.74) is 2.24. The first kappa shape index (κ1) is 20.4. The van der Waals surface area contributed by atoms with E-state index in [1.165, 1.54) is 11.8 Å². The van der Waals surface area contributed by atoms with Gasteiger partial charge in [-0.3, -0.25) is 9.62 Å². The van der Waals surface area contributed by atoms with Crippen LogP contribution in [0.25, 0.3) is 0 Å². The lowest BCUT2D eigenvalue weighted by Gasteiger charge is -2.38. The van der Waals surface area contributed by atoms with Gasteiger partial charge in [-0.2, -0.15) is 0 Å². The minimum absolute atomic E-state index is 0.130. The fraction of sp³-hybridized carbons (Fsp3) is 0.217. The van der Waals surface area contributed by atoms with E-state index < -0.39 is 16.3 Å². The minimum Gasteiger partial charge on any atom is -0.374 e. The Kier molecular flexibility index (Phi) is 6.03. The number of nitrogens with zero attached hydrogens (tertiary/aromatic N) is 2. The minimum atomic E-state index is -3.73. The highest BCUT2D eigenvalue weighted by Crippen LogP contribution is 2.25. The molecule has 1 heterocycles. The van der Waals surface area contributed by atoms with Gasteiger partial charge in [0, 0.05) is 37.6 Å². The van der Waals surface area contributed by atoms with Gasteiger partial charge in [0.1, 0.15) is 6.23 Å². The Labute approximate surface area is 177 Å². The summed E-state index contributed by atoms with van der Waals surface area (Å²) in [5.74, 6) is 0. The maximum atomic E-state index is 12.7. The number of hydrogen-bond acceptors (Lipinski definition) is 5. The second kappa shape index (κ2) is 8.87. The molecule has 2 N–H and O–H groups in total. The number of rotatable bonds is 6. The highest BCUT2D eigenvalue weighted by atomic mass is 32.2. The quantitative estimate of drug-likeness (QED) is 0.637. The average Bonchev–Trinajstić information content (AvgIpc) is 2.80. The van der Waals surface area contributed by atoms with Crippen molar-refractivity contribution in [3.63, 3.8) is 0 Å². The molecule has 1 unspecified atom stereocenters. The van der Waals surface area contributed by atoms with Crippen molar-refractivity contribution in [2.75, 3.05) is 35.8 Å². The van der Waals surface area contributed by atoms with E-state index in [1.807, 2.05) is 29.2 Å². The molecule has 0 bridgehead atoms. The molecule has 6 nitrogen and oxygen atoms in total. The van der Waals surface area contributed by atoms with E-state index >= 15 is 0 Å². The van der Waals surface area contributed by atoms with Crippen LogP contribution in [0, 0.1) is 0 Å². The number of para-hydroxylation sites is 2. The summed E-state index contributed by atoms with van der Waals surface area (Å²) in [6, 6.07) is 25.5. The van der Waals surface area contributed by atoms with Crippen molar-refractivity contribution >= 4 is 21.4 Å². The molecule has 0 amide bonds. The normalized spacial score (nSPS) is 16.2. The molecule has 1 aliphatic heterocycles. The van der Waals surface area contributed by atoms with Crippen LogP contribution < -0.4 is 9.62 Å². The molecule has 1 saturated heterocycles. The van der Waals surface area contributed by atoms with Gasteiger partial charge < -0.3 is 10.0 Å². The lowest BCUT2D eigenvalue weighted by atomic mass is 10.1. The van der Waals surface area contributed by atoms with Crippen LogP contribution in [-0.2, 0) is 10.0 Å². The fourth-order valence-corrected chi connectivity index (χ4v) is 4.75. The van der Waals surface area contributed by atoms with Crippen LogP contribution in [0.15, 0.2) is 89.8 Å². The van der Waals surface area contributed by atoms with Gasteiger partial charge in [0.05, 0.1) is 4.90 Å². The number of benzene rings is 3. The van der Waals surface area contributed by atoms with Crippen LogP contribution in [0.2, 0.25) is 0 Å². The fourth-order valence-electron chi connectivity index (χ4n) is 3.64. The molecule has 3 aromatic carbocycles. The smallest absolute Gasteiger partial charge is 0.261 e. The first-order valence-electron chi connectivity index (χ1n) is 9.93. The molecule has 1 fully saturated rings. The SMILES string of the molecule is O=S(=O)(Nc1ccccc1)c1cccc(C(O)N2CCN(c3ccccc3)CC2)c1. The van der Waals surface area contributed by atoms with Crippen molar-refractivity contribution < 1.29 is 13.5 Å². The highest BCUT2D eigenvalue weighted by Gasteiger charge is 2.25. The van der Waals surface area contributed by atoms with Crippen molar-refractivity contribution in [3.8, 4) is 0 Å². The van der Waals surface area contributed by atoms with Gasteiger partial charge in [-0.25, -0.2) is 8.42 Å². The molecule has 156 valence electrons. The largest absolute Gasteiger partial charge is 0.374 e. The topological polar surface area (TPSA) is 72.9 Å². The molecule has 0 radical (unpaired) electrons. The summed E-state index contributed by atoms with van der Waals surface area (Å²) in [5, 5.41) is 10.9. The zero-order chi connectivity index (χ0) is 21.0. The maximum absolute atomic E-state index is 12.7. The summed E-state index contributed by atoms with van der Waals surface area (Å²) in [7, 11) is -3.73. The van der Waals surface area contributed by atoms with Crippen LogP contribution >= 0.6 is 0 Å². The van der Waals surface area contributed by atoms with E-state index in [2.05, 4.69) is 21.8 Å². The Bertz CT molecular complexity index is 1070. The van der Waals surface area contributed by atoms with E-state index in [0.717, 1.165) is 13.1 Å². The van der Waals surface area contributed by atoms with Gasteiger partial charge in [-0.15, -0.1) is 0 Å². The molecule has 1 aliphatic rings. The second-order valence-corrected chi connectivity index (χ2v) is 8.96. The number of hydrogen-bond donors (Lipinski definition) is 2. The van der Waals surface area contributed by atoms with Crippen molar-refractivity contribution in [1.29, 1.82) is 0 Å². The monoisotopic (exact) mass is 423 g/mol. The number of aliphatic hydroxyl groups excluding tert-OH is 1. The van der Waals surface area contributed by atoms with Crippen LogP contribution in [0.4, 0.5) is 11.4 Å². The lowest BCUT2D eigenvalue weighted by molar-refractivity contribution is -0.00176. The van der Waals surface area contributed by atoms with Crippen LogP contribution in [0.1, 0.15) is 11.8 Å². The first-order chi connectivity index (χ1) is 14.5. The Hall–Kier alpha value is -2.87. The van der Waals surface area contributed by atoms with Gasteiger partial charge in [0.2, 0.25) is 0 Å². The molecule has 30 heavy (non-hydrogen) atoms. The van der Waals surface area contributed by atoms with Gasteiger partial charge >= 0.3 is 0 Å². The zero-order valence-corrected chi connectivity index (χ0v) is 17.4. The molecule has 0 aliphatic carbocycles. The summed E-state index contributed by atoms with van der Waals surface area (Å²) >= 11 is 0. The standard InChI is InChI=1S/C23H25N3O3S/c27-23(26-16-14-25(15-17-26)21-11-5-2-6-12-21)19-8-7-13-22(18-19)30(28,29)24-20-9-3-1-4-10-20/h1-13,18,23-24,27H,14-17H2. The first-order valence-corrected chi connectivity index (χ1v) is 11.4. The van der Waals surface area contributed by atoms with Crippen LogP contribution in [-0.4, -0.2) is 44.6 Å². The summed E-state index contributed by atoms with van der Waals surface area (Å²) < 4.78 is 28.1. The van der Waals surface area contributed by atoms with E-state index in [1.54, 1.807) is 42.5 Å². The van der Waals surface area contributed by atoms with Crippen molar-refractivity contribution in [1.82, 2.24) is 4.90 Å². The summed E-state index contributed by atoms with van der Waals surface area (Å²) in [6.07, 6.45) is -0.852. The van der Waals surface area contributed by atoms with E-state index in [4.69, 9.17) is 0 Å². The lowest BCUT2D eigenvalue weighted by Crippen LogP contribution is -2.47. The molecule has 1 atom stereocenters. The molecule has 3 aromatic rings. The zero-order valence-electron chi connectivity index (χ0n) is 16.6.